The first-order valence-corrected chi connectivity index (χ1v) is 11.7. The quantitative estimate of drug-likeness (QED) is 0.181. The summed E-state index contributed by atoms with van der Waals surface area (Å²) in [5, 5.41) is 8.73. The Balaban J connectivity index is 0. The first-order valence-electron chi connectivity index (χ1n) is 11.7. The number of aliphatic hydroxyl groups excluding tert-OH is 1. The fourth-order valence-corrected chi connectivity index (χ4v) is 3.62. The number of hydrogen-bond donors (Lipinski definition) is 2. The summed E-state index contributed by atoms with van der Waals surface area (Å²) in [6.07, 6.45) is 26.8. The van der Waals surface area contributed by atoms with E-state index in [4.69, 9.17) is 10.8 Å². The van der Waals surface area contributed by atoms with E-state index >= 15 is 0 Å². The summed E-state index contributed by atoms with van der Waals surface area (Å²) >= 11 is 0. The molecule has 0 aliphatic carbocycles. The molecule has 0 radical (unpaired) electrons. The van der Waals surface area contributed by atoms with Crippen LogP contribution in [0, 0.1) is 0 Å². The molecular formula is C23H50BrNO. The van der Waals surface area contributed by atoms with Gasteiger partial charge in [0, 0.05) is 12.6 Å². The molecule has 0 aromatic heterocycles. The van der Waals surface area contributed by atoms with Crippen molar-refractivity contribution in [1.29, 1.82) is 0 Å². The normalized spacial score (nSPS) is 12.1. The minimum atomic E-state index is 0. The lowest BCUT2D eigenvalue weighted by Gasteiger charge is -2.11. The van der Waals surface area contributed by atoms with E-state index in [1.165, 1.54) is 122 Å². The molecule has 0 bridgehead atoms. The maximum atomic E-state index is 8.73. The van der Waals surface area contributed by atoms with Gasteiger partial charge in [0.2, 0.25) is 0 Å². The molecule has 160 valence electrons. The highest BCUT2D eigenvalue weighted by atomic mass is 79.9. The number of aliphatic hydroxyl groups is 1. The van der Waals surface area contributed by atoms with E-state index in [0.29, 0.717) is 12.6 Å². The van der Waals surface area contributed by atoms with E-state index in [9.17, 15) is 0 Å². The lowest BCUT2D eigenvalue weighted by molar-refractivity contribution is 0.282. The second kappa shape index (κ2) is 25.4. The lowest BCUT2D eigenvalue weighted by atomic mass is 10.0. The molecule has 0 saturated carbocycles. The zero-order chi connectivity index (χ0) is 18.4. The third-order valence-electron chi connectivity index (χ3n) is 5.41. The van der Waals surface area contributed by atoms with Crippen LogP contribution in [0.2, 0.25) is 0 Å². The van der Waals surface area contributed by atoms with Crippen LogP contribution < -0.4 is 5.73 Å². The molecule has 0 aromatic rings. The Morgan fingerprint density at radius 2 is 0.846 bits per heavy atom. The van der Waals surface area contributed by atoms with Gasteiger partial charge in [-0.3, -0.25) is 0 Å². The average molecular weight is 437 g/mol. The summed E-state index contributed by atoms with van der Waals surface area (Å²) in [5.74, 6) is 0. The predicted octanol–water partition coefficient (Wildman–Crippen LogP) is 7.71. The molecule has 3 N–H and O–H groups in total. The van der Waals surface area contributed by atoms with Crippen molar-refractivity contribution in [2.24, 2.45) is 5.73 Å². The van der Waals surface area contributed by atoms with E-state index in [2.05, 4.69) is 6.92 Å². The van der Waals surface area contributed by atoms with Crippen molar-refractivity contribution in [3.63, 3.8) is 0 Å². The van der Waals surface area contributed by atoms with E-state index in [1.54, 1.807) is 0 Å². The Morgan fingerprint density at radius 1 is 0.538 bits per heavy atom. The van der Waals surface area contributed by atoms with Crippen LogP contribution in [0.1, 0.15) is 135 Å². The molecule has 0 aliphatic heterocycles. The van der Waals surface area contributed by atoms with Crippen LogP contribution in [0.3, 0.4) is 0 Å². The van der Waals surface area contributed by atoms with E-state index in [1.807, 2.05) is 0 Å². The molecule has 0 rings (SSSR count). The van der Waals surface area contributed by atoms with Crippen LogP contribution in [0.25, 0.3) is 0 Å². The van der Waals surface area contributed by atoms with E-state index < -0.39 is 0 Å². The molecule has 0 amide bonds. The van der Waals surface area contributed by atoms with Gasteiger partial charge in [-0.1, -0.05) is 116 Å². The van der Waals surface area contributed by atoms with Gasteiger partial charge >= 0.3 is 0 Å². The van der Waals surface area contributed by atoms with Crippen LogP contribution in [-0.2, 0) is 0 Å². The van der Waals surface area contributed by atoms with Gasteiger partial charge in [0.25, 0.3) is 0 Å². The SMILES string of the molecule is Br.CCCCCCCCCCCCC(N)CCCCCCCCCCO. The molecule has 1 unspecified atom stereocenters. The Bertz CT molecular complexity index is 238. The summed E-state index contributed by atoms with van der Waals surface area (Å²) < 4.78 is 0. The molecular weight excluding hydrogens is 386 g/mol. The van der Waals surface area contributed by atoms with Gasteiger partial charge in [0.15, 0.2) is 0 Å². The zero-order valence-electron chi connectivity index (χ0n) is 17.9. The number of hydrogen-bond acceptors (Lipinski definition) is 2. The van der Waals surface area contributed by atoms with Gasteiger partial charge in [-0.15, -0.1) is 17.0 Å². The highest BCUT2D eigenvalue weighted by Gasteiger charge is 2.02. The highest BCUT2D eigenvalue weighted by Crippen LogP contribution is 2.14. The first-order chi connectivity index (χ1) is 12.3. The van der Waals surface area contributed by atoms with E-state index in [0.717, 1.165) is 6.42 Å². The van der Waals surface area contributed by atoms with Gasteiger partial charge in [-0.2, -0.15) is 0 Å². The fourth-order valence-electron chi connectivity index (χ4n) is 3.62. The molecule has 0 spiro atoms. The second-order valence-corrected chi connectivity index (χ2v) is 8.07. The van der Waals surface area contributed by atoms with Gasteiger partial charge in [-0.05, 0) is 19.3 Å². The molecule has 26 heavy (non-hydrogen) atoms. The van der Waals surface area contributed by atoms with Crippen molar-refractivity contribution in [2.45, 2.75) is 141 Å². The average Bonchev–Trinajstić information content (AvgIpc) is 2.62. The van der Waals surface area contributed by atoms with Crippen LogP contribution in [0.5, 0.6) is 0 Å². The van der Waals surface area contributed by atoms with E-state index in [-0.39, 0.29) is 17.0 Å². The third kappa shape index (κ3) is 24.4. The molecule has 0 aromatic carbocycles. The van der Waals surface area contributed by atoms with Gasteiger partial charge in [0.1, 0.15) is 0 Å². The first kappa shape index (κ1) is 28.6. The number of unbranched alkanes of at least 4 members (excludes halogenated alkanes) is 16. The number of halogens is 1. The van der Waals surface area contributed by atoms with Crippen molar-refractivity contribution < 1.29 is 5.11 Å². The zero-order valence-corrected chi connectivity index (χ0v) is 19.6. The number of nitrogens with two attached hydrogens (primary N) is 1. The molecule has 0 fully saturated rings. The van der Waals surface area contributed by atoms with Crippen molar-refractivity contribution >= 4 is 17.0 Å². The van der Waals surface area contributed by atoms with Crippen molar-refractivity contribution in [1.82, 2.24) is 0 Å². The Hall–Kier alpha value is 0.400. The summed E-state index contributed by atoms with van der Waals surface area (Å²) in [5.41, 5.74) is 6.25. The lowest BCUT2D eigenvalue weighted by Crippen LogP contribution is -2.19. The Kier molecular flexibility index (Phi) is 27.9. The molecule has 1 atom stereocenters. The van der Waals surface area contributed by atoms with Crippen molar-refractivity contribution in [3.05, 3.63) is 0 Å². The van der Waals surface area contributed by atoms with Crippen LogP contribution >= 0.6 is 17.0 Å². The minimum absolute atomic E-state index is 0. The van der Waals surface area contributed by atoms with Gasteiger partial charge < -0.3 is 10.8 Å². The van der Waals surface area contributed by atoms with Gasteiger partial charge in [0.05, 0.1) is 0 Å². The fraction of sp³-hybridized carbons (Fsp3) is 1.00. The summed E-state index contributed by atoms with van der Waals surface area (Å²) in [6.45, 7) is 2.64. The van der Waals surface area contributed by atoms with Crippen molar-refractivity contribution in [3.8, 4) is 0 Å². The molecule has 0 heterocycles. The third-order valence-corrected chi connectivity index (χ3v) is 5.41. The predicted molar refractivity (Wildman–Crippen MR) is 123 cm³/mol. The summed E-state index contributed by atoms with van der Waals surface area (Å²) in [6, 6.07) is 0.443. The molecule has 3 heteroatoms. The highest BCUT2D eigenvalue weighted by molar-refractivity contribution is 8.93. The Labute approximate surface area is 175 Å². The van der Waals surface area contributed by atoms with Crippen LogP contribution in [0.15, 0.2) is 0 Å². The second-order valence-electron chi connectivity index (χ2n) is 8.07. The monoisotopic (exact) mass is 435 g/mol. The molecule has 0 saturated heterocycles. The van der Waals surface area contributed by atoms with Crippen LogP contribution in [0.4, 0.5) is 0 Å². The molecule has 0 aliphatic rings. The topological polar surface area (TPSA) is 46.2 Å². The smallest absolute Gasteiger partial charge is 0.0431 e. The summed E-state index contributed by atoms with van der Waals surface area (Å²) in [4.78, 5) is 0. The Morgan fingerprint density at radius 3 is 1.19 bits per heavy atom. The molecule has 2 nitrogen and oxygen atoms in total. The number of rotatable bonds is 21. The standard InChI is InChI=1S/C23H49NO.BrH/c1-2-3-4-5-6-7-8-11-14-17-20-23(24)21-18-15-12-9-10-13-16-19-22-25;/h23,25H,2-22,24H2,1H3;1H. The maximum absolute atomic E-state index is 8.73. The van der Waals surface area contributed by atoms with Crippen molar-refractivity contribution in [2.75, 3.05) is 6.61 Å². The summed E-state index contributed by atoms with van der Waals surface area (Å²) in [7, 11) is 0. The van der Waals surface area contributed by atoms with Crippen LogP contribution in [-0.4, -0.2) is 17.8 Å². The maximum Gasteiger partial charge on any atom is 0.0431 e. The van der Waals surface area contributed by atoms with Gasteiger partial charge in [-0.25, -0.2) is 0 Å². The largest absolute Gasteiger partial charge is 0.396 e. The minimum Gasteiger partial charge on any atom is -0.396 e.